The standard InChI is InChI=1S/C16H16FNO2/c1-11(13-3-9-16(20)10-4-13)18(12(2)19)15-7-5-14(17)6-8-15/h3-11,20H,1-2H3/t11-/m0/s1. The Morgan fingerprint density at radius 3 is 2.15 bits per heavy atom. The number of phenols is 1. The van der Waals surface area contributed by atoms with Crippen molar-refractivity contribution in [3.8, 4) is 5.75 Å². The lowest BCUT2D eigenvalue weighted by molar-refractivity contribution is -0.117. The summed E-state index contributed by atoms with van der Waals surface area (Å²) in [4.78, 5) is 13.5. The summed E-state index contributed by atoms with van der Waals surface area (Å²) >= 11 is 0. The van der Waals surface area contributed by atoms with Gasteiger partial charge in [-0.2, -0.15) is 0 Å². The van der Waals surface area contributed by atoms with Gasteiger partial charge in [0.2, 0.25) is 5.91 Å². The van der Waals surface area contributed by atoms with Crippen LogP contribution in [-0.4, -0.2) is 11.0 Å². The van der Waals surface area contributed by atoms with Gasteiger partial charge in [-0.15, -0.1) is 0 Å². The minimum absolute atomic E-state index is 0.128. The molecule has 0 saturated heterocycles. The van der Waals surface area contributed by atoms with Crippen LogP contribution < -0.4 is 4.90 Å². The Kier molecular flexibility index (Phi) is 4.03. The summed E-state index contributed by atoms with van der Waals surface area (Å²) in [5.41, 5.74) is 1.53. The first-order valence-corrected chi connectivity index (χ1v) is 6.33. The van der Waals surface area contributed by atoms with Crippen LogP contribution in [0.4, 0.5) is 10.1 Å². The molecule has 1 atom stereocenters. The van der Waals surface area contributed by atoms with Gasteiger partial charge in [-0.25, -0.2) is 4.39 Å². The van der Waals surface area contributed by atoms with Crippen molar-refractivity contribution in [1.82, 2.24) is 0 Å². The number of nitrogens with zero attached hydrogens (tertiary/aromatic N) is 1. The molecule has 0 fully saturated rings. The zero-order valence-corrected chi connectivity index (χ0v) is 11.4. The molecule has 0 bridgehead atoms. The summed E-state index contributed by atoms with van der Waals surface area (Å²) in [5, 5.41) is 9.31. The number of aromatic hydroxyl groups is 1. The van der Waals surface area contributed by atoms with Crippen molar-refractivity contribution in [2.24, 2.45) is 0 Å². The van der Waals surface area contributed by atoms with Crippen molar-refractivity contribution in [2.75, 3.05) is 4.90 Å². The van der Waals surface area contributed by atoms with E-state index >= 15 is 0 Å². The van der Waals surface area contributed by atoms with E-state index in [9.17, 15) is 14.3 Å². The summed E-state index contributed by atoms with van der Waals surface area (Å²) < 4.78 is 13.0. The van der Waals surface area contributed by atoms with Gasteiger partial charge >= 0.3 is 0 Å². The molecule has 0 spiro atoms. The van der Waals surface area contributed by atoms with Crippen molar-refractivity contribution >= 4 is 11.6 Å². The van der Waals surface area contributed by atoms with Crippen LogP contribution in [0.25, 0.3) is 0 Å². The normalized spacial score (nSPS) is 11.9. The van der Waals surface area contributed by atoms with Gasteiger partial charge in [0.05, 0.1) is 6.04 Å². The number of amides is 1. The minimum Gasteiger partial charge on any atom is -0.508 e. The van der Waals surface area contributed by atoms with Gasteiger partial charge in [0.15, 0.2) is 0 Å². The zero-order chi connectivity index (χ0) is 14.7. The van der Waals surface area contributed by atoms with Gasteiger partial charge in [-0.05, 0) is 48.9 Å². The highest BCUT2D eigenvalue weighted by atomic mass is 19.1. The fraction of sp³-hybridized carbons (Fsp3) is 0.188. The van der Waals surface area contributed by atoms with Gasteiger partial charge < -0.3 is 10.0 Å². The average molecular weight is 273 g/mol. The van der Waals surface area contributed by atoms with Crippen LogP contribution in [0, 0.1) is 5.82 Å². The van der Waals surface area contributed by atoms with Gasteiger partial charge in [-0.1, -0.05) is 12.1 Å². The lowest BCUT2D eigenvalue weighted by atomic mass is 10.1. The van der Waals surface area contributed by atoms with Crippen LogP contribution in [0.2, 0.25) is 0 Å². The maximum Gasteiger partial charge on any atom is 0.224 e. The highest BCUT2D eigenvalue weighted by Crippen LogP contribution is 2.28. The number of carbonyl (C=O) groups is 1. The van der Waals surface area contributed by atoms with Crippen molar-refractivity contribution < 1.29 is 14.3 Å². The van der Waals surface area contributed by atoms with Crippen LogP contribution in [0.5, 0.6) is 5.75 Å². The first-order chi connectivity index (χ1) is 9.49. The number of hydrogen-bond acceptors (Lipinski definition) is 2. The van der Waals surface area contributed by atoms with Crippen molar-refractivity contribution in [3.05, 3.63) is 59.9 Å². The first-order valence-electron chi connectivity index (χ1n) is 6.33. The second-order valence-corrected chi connectivity index (χ2v) is 4.63. The molecule has 0 saturated carbocycles. The minimum atomic E-state index is -0.338. The lowest BCUT2D eigenvalue weighted by Gasteiger charge is -2.28. The largest absolute Gasteiger partial charge is 0.508 e. The molecule has 0 aliphatic carbocycles. The summed E-state index contributed by atoms with van der Waals surface area (Å²) in [6, 6.07) is 12.3. The van der Waals surface area contributed by atoms with E-state index in [1.807, 2.05) is 6.92 Å². The monoisotopic (exact) mass is 273 g/mol. The molecule has 0 radical (unpaired) electrons. The van der Waals surface area contributed by atoms with E-state index in [0.717, 1.165) is 5.56 Å². The fourth-order valence-corrected chi connectivity index (χ4v) is 2.18. The van der Waals surface area contributed by atoms with Crippen LogP contribution in [0.1, 0.15) is 25.5 Å². The van der Waals surface area contributed by atoms with E-state index in [1.165, 1.54) is 19.1 Å². The summed E-state index contributed by atoms with van der Waals surface area (Å²) in [5.74, 6) is -0.288. The molecule has 0 heterocycles. The Bertz CT molecular complexity index is 593. The molecule has 2 aromatic rings. The fourth-order valence-electron chi connectivity index (χ4n) is 2.18. The second kappa shape index (κ2) is 5.74. The van der Waals surface area contributed by atoms with Gasteiger partial charge in [0, 0.05) is 12.6 Å². The van der Waals surface area contributed by atoms with Crippen molar-refractivity contribution in [2.45, 2.75) is 19.9 Å². The Labute approximate surface area is 117 Å². The third-order valence-electron chi connectivity index (χ3n) is 3.21. The maximum absolute atomic E-state index is 13.0. The number of benzene rings is 2. The summed E-state index contributed by atoms with van der Waals surface area (Å²) in [6.07, 6.45) is 0. The first kappa shape index (κ1) is 14.1. The van der Waals surface area contributed by atoms with E-state index in [0.29, 0.717) is 5.69 Å². The lowest BCUT2D eigenvalue weighted by Crippen LogP contribution is -2.31. The Balaban J connectivity index is 2.35. The van der Waals surface area contributed by atoms with Gasteiger partial charge in [0.1, 0.15) is 11.6 Å². The highest BCUT2D eigenvalue weighted by Gasteiger charge is 2.20. The Morgan fingerprint density at radius 1 is 1.10 bits per heavy atom. The topological polar surface area (TPSA) is 40.5 Å². The van der Waals surface area contributed by atoms with Crippen LogP contribution in [-0.2, 0) is 4.79 Å². The van der Waals surface area contributed by atoms with Crippen LogP contribution in [0.3, 0.4) is 0 Å². The molecule has 1 N–H and O–H groups in total. The third kappa shape index (κ3) is 2.96. The summed E-state index contributed by atoms with van der Waals surface area (Å²) in [7, 11) is 0. The molecule has 0 aliphatic rings. The molecule has 3 nitrogen and oxygen atoms in total. The number of phenolic OH excluding ortho intramolecular Hbond substituents is 1. The average Bonchev–Trinajstić information content (AvgIpc) is 2.41. The van der Waals surface area contributed by atoms with E-state index < -0.39 is 0 Å². The smallest absolute Gasteiger partial charge is 0.224 e. The number of halogens is 1. The van der Waals surface area contributed by atoms with Gasteiger partial charge in [0.25, 0.3) is 0 Å². The van der Waals surface area contributed by atoms with Crippen molar-refractivity contribution in [3.63, 3.8) is 0 Å². The number of rotatable bonds is 3. The van der Waals surface area contributed by atoms with Gasteiger partial charge in [-0.3, -0.25) is 4.79 Å². The molecule has 104 valence electrons. The highest BCUT2D eigenvalue weighted by molar-refractivity contribution is 5.92. The van der Waals surface area contributed by atoms with E-state index in [-0.39, 0.29) is 23.5 Å². The van der Waals surface area contributed by atoms with E-state index in [4.69, 9.17) is 0 Å². The molecule has 0 aliphatic heterocycles. The number of anilines is 1. The third-order valence-corrected chi connectivity index (χ3v) is 3.21. The molecule has 1 amide bonds. The molecule has 2 aromatic carbocycles. The van der Waals surface area contributed by atoms with Crippen molar-refractivity contribution in [1.29, 1.82) is 0 Å². The number of carbonyl (C=O) groups excluding carboxylic acids is 1. The van der Waals surface area contributed by atoms with Crippen LogP contribution in [0.15, 0.2) is 48.5 Å². The van der Waals surface area contributed by atoms with E-state index in [2.05, 4.69) is 0 Å². The number of hydrogen-bond donors (Lipinski definition) is 1. The molecule has 2 rings (SSSR count). The van der Waals surface area contributed by atoms with E-state index in [1.54, 1.807) is 41.3 Å². The molecule has 0 aromatic heterocycles. The zero-order valence-electron chi connectivity index (χ0n) is 11.4. The SMILES string of the molecule is CC(=O)N(c1ccc(F)cc1)[C@@H](C)c1ccc(O)cc1. The van der Waals surface area contributed by atoms with Crippen LogP contribution >= 0.6 is 0 Å². The predicted molar refractivity (Wildman–Crippen MR) is 76.1 cm³/mol. The predicted octanol–water partition coefficient (Wildman–Crippen LogP) is 3.65. The molecule has 0 unspecified atom stereocenters. The Morgan fingerprint density at radius 2 is 1.65 bits per heavy atom. The molecular weight excluding hydrogens is 257 g/mol. The Hall–Kier alpha value is -2.36. The quantitative estimate of drug-likeness (QED) is 0.927. The summed E-state index contributed by atoms with van der Waals surface area (Å²) in [6.45, 7) is 3.36. The maximum atomic E-state index is 13.0. The molecular formula is C16H16FNO2. The second-order valence-electron chi connectivity index (χ2n) is 4.63. The molecule has 20 heavy (non-hydrogen) atoms. The molecule has 4 heteroatoms.